The molecule has 0 fully saturated rings. The van der Waals surface area contributed by atoms with E-state index >= 15 is 0 Å². The molecule has 0 N–H and O–H groups in total. The lowest BCUT2D eigenvalue weighted by atomic mass is 10.1. The van der Waals surface area contributed by atoms with Crippen molar-refractivity contribution in [2.75, 3.05) is 20.3 Å². The minimum absolute atomic E-state index is 0.0740. The molecule has 0 aliphatic rings. The standard InChI is InChI=1S/C19H26N2O2/c1-4-16-8-10-17(11-9-16)19(22)21(13-6-14-23-3)15-18-7-5-12-20(18)2/h5,7-12H,4,6,13-15H2,1-3H3. The highest BCUT2D eigenvalue weighted by molar-refractivity contribution is 5.94. The Hall–Kier alpha value is -2.07. The van der Waals surface area contributed by atoms with Crippen molar-refractivity contribution >= 4 is 5.91 Å². The van der Waals surface area contributed by atoms with Gasteiger partial charge in [-0.15, -0.1) is 0 Å². The number of rotatable bonds is 8. The van der Waals surface area contributed by atoms with Crippen LogP contribution in [0.5, 0.6) is 0 Å². The molecule has 0 spiro atoms. The number of methoxy groups -OCH3 is 1. The Kier molecular flexibility index (Phi) is 6.41. The summed E-state index contributed by atoms with van der Waals surface area (Å²) in [6.07, 6.45) is 3.82. The molecule has 4 heteroatoms. The van der Waals surface area contributed by atoms with Crippen LogP contribution >= 0.6 is 0 Å². The quantitative estimate of drug-likeness (QED) is 0.701. The van der Waals surface area contributed by atoms with Crippen LogP contribution in [0.2, 0.25) is 0 Å². The third-order valence-electron chi connectivity index (χ3n) is 4.08. The number of aryl methyl sites for hydroxylation is 2. The van der Waals surface area contributed by atoms with Crippen LogP contribution in [0.15, 0.2) is 42.6 Å². The van der Waals surface area contributed by atoms with Gasteiger partial charge in [-0.3, -0.25) is 4.79 Å². The summed E-state index contributed by atoms with van der Waals surface area (Å²) in [6.45, 7) is 4.07. The molecule has 0 aliphatic heterocycles. The fraction of sp³-hybridized carbons (Fsp3) is 0.421. The van der Waals surface area contributed by atoms with E-state index in [9.17, 15) is 4.79 Å². The number of benzene rings is 1. The van der Waals surface area contributed by atoms with Crippen LogP contribution in [-0.4, -0.2) is 35.6 Å². The number of hydrogen-bond acceptors (Lipinski definition) is 2. The summed E-state index contributed by atoms with van der Waals surface area (Å²) in [6, 6.07) is 12.0. The van der Waals surface area contributed by atoms with Gasteiger partial charge in [-0.25, -0.2) is 0 Å². The fourth-order valence-corrected chi connectivity index (χ4v) is 2.57. The van der Waals surface area contributed by atoms with Gasteiger partial charge in [0.1, 0.15) is 0 Å². The van der Waals surface area contributed by atoms with Crippen LogP contribution in [-0.2, 0) is 24.8 Å². The van der Waals surface area contributed by atoms with Crippen LogP contribution in [0.4, 0.5) is 0 Å². The summed E-state index contributed by atoms with van der Waals surface area (Å²) in [5.41, 5.74) is 3.12. The Morgan fingerprint density at radius 3 is 2.52 bits per heavy atom. The minimum Gasteiger partial charge on any atom is -0.385 e. The second kappa shape index (κ2) is 8.53. The molecule has 1 aromatic carbocycles. The SMILES string of the molecule is CCc1ccc(C(=O)N(CCCOC)Cc2cccn2C)cc1. The van der Waals surface area contributed by atoms with Crippen molar-refractivity contribution in [3.05, 3.63) is 59.4 Å². The molecule has 0 radical (unpaired) electrons. The normalized spacial score (nSPS) is 10.7. The second-order valence-electron chi connectivity index (χ2n) is 5.73. The van der Waals surface area contributed by atoms with Crippen molar-refractivity contribution < 1.29 is 9.53 Å². The van der Waals surface area contributed by atoms with Crippen molar-refractivity contribution in [1.29, 1.82) is 0 Å². The molecular weight excluding hydrogens is 288 g/mol. The van der Waals surface area contributed by atoms with E-state index in [-0.39, 0.29) is 5.91 Å². The smallest absolute Gasteiger partial charge is 0.254 e. The average molecular weight is 314 g/mol. The zero-order valence-electron chi connectivity index (χ0n) is 14.3. The highest BCUT2D eigenvalue weighted by Gasteiger charge is 2.17. The second-order valence-corrected chi connectivity index (χ2v) is 5.73. The molecule has 1 aromatic heterocycles. The van der Waals surface area contributed by atoms with E-state index in [0.717, 1.165) is 24.1 Å². The molecular formula is C19H26N2O2. The van der Waals surface area contributed by atoms with Crippen LogP contribution in [0.25, 0.3) is 0 Å². The van der Waals surface area contributed by atoms with Crippen molar-refractivity contribution in [1.82, 2.24) is 9.47 Å². The molecule has 0 aliphatic carbocycles. The molecule has 1 amide bonds. The zero-order valence-corrected chi connectivity index (χ0v) is 14.3. The number of hydrogen-bond donors (Lipinski definition) is 0. The van der Waals surface area contributed by atoms with Gasteiger partial charge < -0.3 is 14.2 Å². The van der Waals surface area contributed by atoms with E-state index in [1.165, 1.54) is 5.56 Å². The van der Waals surface area contributed by atoms with Gasteiger partial charge in [0.15, 0.2) is 0 Å². The first-order valence-electron chi connectivity index (χ1n) is 8.13. The molecule has 0 unspecified atom stereocenters. The first-order chi connectivity index (χ1) is 11.2. The summed E-state index contributed by atoms with van der Waals surface area (Å²) in [4.78, 5) is 14.8. The predicted molar refractivity (Wildman–Crippen MR) is 92.5 cm³/mol. The van der Waals surface area contributed by atoms with E-state index in [1.54, 1.807) is 7.11 Å². The van der Waals surface area contributed by atoms with E-state index in [0.29, 0.717) is 19.7 Å². The summed E-state index contributed by atoms with van der Waals surface area (Å²) < 4.78 is 7.18. The van der Waals surface area contributed by atoms with Gasteiger partial charge in [0.05, 0.1) is 6.54 Å². The third kappa shape index (κ3) is 4.70. The Morgan fingerprint density at radius 2 is 1.96 bits per heavy atom. The van der Waals surface area contributed by atoms with Crippen molar-refractivity contribution in [3.63, 3.8) is 0 Å². The van der Waals surface area contributed by atoms with Gasteiger partial charge in [0, 0.05) is 44.8 Å². The number of carbonyl (C=O) groups excluding carboxylic acids is 1. The number of amides is 1. The molecule has 4 nitrogen and oxygen atoms in total. The van der Waals surface area contributed by atoms with Gasteiger partial charge in [-0.1, -0.05) is 19.1 Å². The molecule has 2 aromatic rings. The number of nitrogens with zero attached hydrogens (tertiary/aromatic N) is 2. The summed E-state index contributed by atoms with van der Waals surface area (Å²) in [7, 11) is 3.69. The predicted octanol–water partition coefficient (Wildman–Crippen LogP) is 3.27. The molecule has 0 bridgehead atoms. The summed E-state index contributed by atoms with van der Waals surface area (Å²) in [5.74, 6) is 0.0740. The maximum atomic E-state index is 12.9. The lowest BCUT2D eigenvalue weighted by molar-refractivity contribution is 0.0720. The monoisotopic (exact) mass is 314 g/mol. The first kappa shape index (κ1) is 17.3. The lowest BCUT2D eigenvalue weighted by Crippen LogP contribution is -2.32. The largest absolute Gasteiger partial charge is 0.385 e. The minimum atomic E-state index is 0.0740. The lowest BCUT2D eigenvalue weighted by Gasteiger charge is -2.23. The van der Waals surface area contributed by atoms with Crippen LogP contribution in [0.3, 0.4) is 0 Å². The van der Waals surface area contributed by atoms with Crippen LogP contribution < -0.4 is 0 Å². The van der Waals surface area contributed by atoms with Gasteiger partial charge in [-0.05, 0) is 42.7 Å². The fourth-order valence-electron chi connectivity index (χ4n) is 2.57. The molecule has 124 valence electrons. The Bertz CT molecular complexity index is 617. The highest BCUT2D eigenvalue weighted by atomic mass is 16.5. The number of carbonyl (C=O) groups is 1. The highest BCUT2D eigenvalue weighted by Crippen LogP contribution is 2.12. The van der Waals surface area contributed by atoms with E-state index in [2.05, 4.69) is 17.6 Å². The first-order valence-corrected chi connectivity index (χ1v) is 8.13. The molecule has 1 heterocycles. The van der Waals surface area contributed by atoms with E-state index in [1.807, 2.05) is 48.5 Å². The van der Waals surface area contributed by atoms with Crippen molar-refractivity contribution in [2.45, 2.75) is 26.3 Å². The zero-order chi connectivity index (χ0) is 16.7. The molecule has 2 rings (SSSR count). The molecule has 0 saturated heterocycles. The Labute approximate surface area is 138 Å². The topological polar surface area (TPSA) is 34.5 Å². The molecule has 0 atom stereocenters. The van der Waals surface area contributed by atoms with Gasteiger partial charge >= 0.3 is 0 Å². The van der Waals surface area contributed by atoms with Gasteiger partial charge in [0.25, 0.3) is 5.91 Å². The number of ether oxygens (including phenoxy) is 1. The van der Waals surface area contributed by atoms with Crippen LogP contribution in [0, 0.1) is 0 Å². The maximum Gasteiger partial charge on any atom is 0.254 e. The molecule has 0 saturated carbocycles. The number of aromatic nitrogens is 1. The molecule has 23 heavy (non-hydrogen) atoms. The Balaban J connectivity index is 2.13. The van der Waals surface area contributed by atoms with Gasteiger partial charge in [-0.2, -0.15) is 0 Å². The van der Waals surface area contributed by atoms with Crippen molar-refractivity contribution in [3.8, 4) is 0 Å². The summed E-state index contributed by atoms with van der Waals surface area (Å²) in [5, 5.41) is 0. The van der Waals surface area contributed by atoms with Gasteiger partial charge in [0.2, 0.25) is 0 Å². The Morgan fingerprint density at radius 1 is 1.22 bits per heavy atom. The summed E-state index contributed by atoms with van der Waals surface area (Å²) >= 11 is 0. The van der Waals surface area contributed by atoms with E-state index < -0.39 is 0 Å². The van der Waals surface area contributed by atoms with Crippen LogP contribution in [0.1, 0.15) is 35.0 Å². The van der Waals surface area contributed by atoms with E-state index in [4.69, 9.17) is 4.74 Å². The van der Waals surface area contributed by atoms with Crippen molar-refractivity contribution in [2.24, 2.45) is 7.05 Å². The maximum absolute atomic E-state index is 12.9. The third-order valence-corrected chi connectivity index (χ3v) is 4.08. The average Bonchev–Trinajstić information content (AvgIpc) is 2.98.